The summed E-state index contributed by atoms with van der Waals surface area (Å²) in [6.07, 6.45) is 2.53. The first-order valence-corrected chi connectivity index (χ1v) is 3.76. The third kappa shape index (κ3) is 1.29. The summed E-state index contributed by atoms with van der Waals surface area (Å²) in [5, 5.41) is 9.36. The summed E-state index contributed by atoms with van der Waals surface area (Å²) in [6.45, 7) is 3.30. The Labute approximate surface area is 67.6 Å². The van der Waals surface area contributed by atoms with Gasteiger partial charge in [0.05, 0.1) is 6.10 Å². The Morgan fingerprint density at radius 2 is 2.10 bits per heavy atom. The maximum atomic E-state index is 9.36. The van der Waals surface area contributed by atoms with Crippen molar-refractivity contribution in [3.63, 3.8) is 0 Å². The average molecular weight is 164 g/mol. The van der Waals surface area contributed by atoms with Crippen molar-refractivity contribution < 1.29 is 5.11 Å². The molecule has 0 radical (unpaired) electrons. The third-order valence-electron chi connectivity index (χ3n) is 2.53. The van der Waals surface area contributed by atoms with E-state index >= 15 is 0 Å². The monoisotopic (exact) mass is 163 g/mol. The zero-order chi connectivity index (χ0) is 6.27. The van der Waals surface area contributed by atoms with Gasteiger partial charge in [-0.3, -0.25) is 0 Å². The Hall–Kier alpha value is 0.210. The van der Waals surface area contributed by atoms with Gasteiger partial charge in [0.2, 0.25) is 0 Å². The Morgan fingerprint density at radius 1 is 1.30 bits per heavy atom. The molecule has 0 spiro atoms. The fourth-order valence-corrected chi connectivity index (χ4v) is 1.98. The summed E-state index contributed by atoms with van der Waals surface area (Å²) in [7, 11) is 0. The molecule has 2 aliphatic heterocycles. The Balaban J connectivity index is 0.000000500. The fraction of sp³-hybridized carbons (Fsp3) is 1.00. The van der Waals surface area contributed by atoms with Crippen LogP contribution in [0.3, 0.4) is 0 Å². The number of fused-ring (bicyclic) bond motifs is 2. The molecule has 2 saturated heterocycles. The molecule has 2 aliphatic rings. The molecule has 0 aromatic heterocycles. The molecule has 60 valence electrons. The Kier molecular flexibility index (Phi) is 2.55. The first-order valence-electron chi connectivity index (χ1n) is 3.76. The highest BCUT2D eigenvalue weighted by atomic mass is 35.5. The van der Waals surface area contributed by atoms with E-state index in [1.807, 2.05) is 0 Å². The van der Waals surface area contributed by atoms with E-state index in [0.29, 0.717) is 5.92 Å². The van der Waals surface area contributed by atoms with Crippen LogP contribution in [0.15, 0.2) is 0 Å². The van der Waals surface area contributed by atoms with Crippen LogP contribution in [0.4, 0.5) is 0 Å². The van der Waals surface area contributed by atoms with Crippen LogP contribution in [0.1, 0.15) is 12.8 Å². The lowest BCUT2D eigenvalue weighted by Gasteiger charge is -2.20. The van der Waals surface area contributed by atoms with Crippen LogP contribution in [0.5, 0.6) is 0 Å². The van der Waals surface area contributed by atoms with E-state index in [9.17, 15) is 5.11 Å². The number of piperidine rings is 1. The Bertz CT molecular complexity index is 118. The van der Waals surface area contributed by atoms with Gasteiger partial charge in [-0.15, -0.1) is 12.4 Å². The largest absolute Gasteiger partial charge is 0.391 e. The second-order valence-electron chi connectivity index (χ2n) is 3.23. The van der Waals surface area contributed by atoms with Gasteiger partial charge in [0.1, 0.15) is 0 Å². The molecule has 3 heteroatoms. The number of aliphatic hydroxyl groups is 1. The number of aliphatic hydroxyl groups excluding tert-OH is 1. The molecule has 2 heterocycles. The summed E-state index contributed by atoms with van der Waals surface area (Å²) in [5.74, 6) is 0.610. The van der Waals surface area contributed by atoms with E-state index in [0.717, 1.165) is 13.1 Å². The molecular formula is C7H14ClNO. The van der Waals surface area contributed by atoms with E-state index in [1.165, 1.54) is 19.4 Å². The summed E-state index contributed by atoms with van der Waals surface area (Å²) in [6, 6.07) is 0. The van der Waals surface area contributed by atoms with Crippen LogP contribution in [-0.4, -0.2) is 35.7 Å². The summed E-state index contributed by atoms with van der Waals surface area (Å²) < 4.78 is 0. The maximum absolute atomic E-state index is 9.36. The Morgan fingerprint density at radius 3 is 2.70 bits per heavy atom. The molecule has 2 rings (SSSR count). The maximum Gasteiger partial charge on any atom is 0.0707 e. The van der Waals surface area contributed by atoms with E-state index < -0.39 is 0 Å². The summed E-state index contributed by atoms with van der Waals surface area (Å²) in [4.78, 5) is 2.36. The quantitative estimate of drug-likeness (QED) is 0.562. The van der Waals surface area contributed by atoms with E-state index in [4.69, 9.17) is 0 Å². The molecule has 2 bridgehead atoms. The zero-order valence-corrected chi connectivity index (χ0v) is 6.81. The molecule has 0 saturated carbocycles. The standard InChI is InChI=1S/C7H13NO.ClH/c9-7-5-8-3-1-2-6(7)4-8;/h6-7,9H,1-5H2;1H. The first-order chi connectivity index (χ1) is 4.36. The van der Waals surface area contributed by atoms with Crippen LogP contribution in [-0.2, 0) is 0 Å². The second-order valence-corrected chi connectivity index (χ2v) is 3.23. The SMILES string of the molecule is Cl.OC1CN2CCCC1C2. The minimum absolute atomic E-state index is 0. The van der Waals surface area contributed by atoms with Crippen LogP contribution >= 0.6 is 12.4 Å². The number of halogens is 1. The van der Waals surface area contributed by atoms with Gasteiger partial charge in [0, 0.05) is 13.1 Å². The average Bonchev–Trinajstić information content (AvgIpc) is 2.09. The number of hydrogen-bond donors (Lipinski definition) is 1. The fourth-order valence-electron chi connectivity index (χ4n) is 1.98. The predicted molar refractivity (Wildman–Crippen MR) is 42.4 cm³/mol. The molecule has 3 unspecified atom stereocenters. The molecular weight excluding hydrogens is 150 g/mol. The molecule has 3 atom stereocenters. The van der Waals surface area contributed by atoms with Crippen molar-refractivity contribution in [2.45, 2.75) is 18.9 Å². The van der Waals surface area contributed by atoms with Gasteiger partial charge in [-0.25, -0.2) is 0 Å². The first kappa shape index (κ1) is 8.31. The normalized spacial score (nSPS) is 44.7. The van der Waals surface area contributed by atoms with Gasteiger partial charge in [0.15, 0.2) is 0 Å². The van der Waals surface area contributed by atoms with Crippen LogP contribution in [0.2, 0.25) is 0 Å². The van der Waals surface area contributed by atoms with Gasteiger partial charge < -0.3 is 10.0 Å². The molecule has 0 aromatic carbocycles. The van der Waals surface area contributed by atoms with Crippen molar-refractivity contribution in [3.8, 4) is 0 Å². The van der Waals surface area contributed by atoms with Crippen LogP contribution in [0, 0.1) is 5.92 Å². The van der Waals surface area contributed by atoms with Crippen LogP contribution < -0.4 is 0 Å². The van der Waals surface area contributed by atoms with E-state index in [1.54, 1.807) is 0 Å². The molecule has 0 aliphatic carbocycles. The van der Waals surface area contributed by atoms with Gasteiger partial charge in [-0.2, -0.15) is 0 Å². The van der Waals surface area contributed by atoms with Crippen molar-refractivity contribution in [3.05, 3.63) is 0 Å². The minimum Gasteiger partial charge on any atom is -0.391 e. The van der Waals surface area contributed by atoms with Crippen molar-refractivity contribution in [1.29, 1.82) is 0 Å². The van der Waals surface area contributed by atoms with Crippen molar-refractivity contribution in [2.24, 2.45) is 5.92 Å². The highest BCUT2D eigenvalue weighted by Gasteiger charge is 2.33. The number of hydrogen-bond acceptors (Lipinski definition) is 2. The van der Waals surface area contributed by atoms with Crippen molar-refractivity contribution in [2.75, 3.05) is 19.6 Å². The van der Waals surface area contributed by atoms with Gasteiger partial charge in [-0.05, 0) is 25.3 Å². The van der Waals surface area contributed by atoms with Gasteiger partial charge in [-0.1, -0.05) is 0 Å². The molecule has 10 heavy (non-hydrogen) atoms. The summed E-state index contributed by atoms with van der Waals surface area (Å²) >= 11 is 0. The molecule has 0 amide bonds. The molecule has 2 nitrogen and oxygen atoms in total. The minimum atomic E-state index is -0.00694. The third-order valence-corrected chi connectivity index (χ3v) is 2.53. The lowest BCUT2D eigenvalue weighted by Crippen LogP contribution is -2.25. The highest BCUT2D eigenvalue weighted by Crippen LogP contribution is 2.26. The zero-order valence-electron chi connectivity index (χ0n) is 5.99. The highest BCUT2D eigenvalue weighted by molar-refractivity contribution is 5.85. The lowest BCUT2D eigenvalue weighted by molar-refractivity contribution is 0.144. The molecule has 1 N–H and O–H groups in total. The van der Waals surface area contributed by atoms with E-state index in [2.05, 4.69) is 4.90 Å². The molecule has 0 aromatic rings. The van der Waals surface area contributed by atoms with Gasteiger partial charge in [0.25, 0.3) is 0 Å². The predicted octanol–water partition coefficient (Wildman–Crippen LogP) is 0.495. The van der Waals surface area contributed by atoms with Crippen molar-refractivity contribution >= 4 is 12.4 Å². The smallest absolute Gasteiger partial charge is 0.0707 e. The topological polar surface area (TPSA) is 23.5 Å². The number of nitrogens with zero attached hydrogens (tertiary/aromatic N) is 1. The summed E-state index contributed by atoms with van der Waals surface area (Å²) in [5.41, 5.74) is 0. The van der Waals surface area contributed by atoms with Gasteiger partial charge >= 0.3 is 0 Å². The van der Waals surface area contributed by atoms with E-state index in [-0.39, 0.29) is 18.5 Å². The van der Waals surface area contributed by atoms with Crippen molar-refractivity contribution in [1.82, 2.24) is 4.90 Å². The molecule has 2 fully saturated rings. The second kappa shape index (κ2) is 3.07. The lowest BCUT2D eigenvalue weighted by atomic mass is 9.99. The number of rotatable bonds is 0. The van der Waals surface area contributed by atoms with Crippen LogP contribution in [0.25, 0.3) is 0 Å².